The highest BCUT2D eigenvalue weighted by Gasteiger charge is 2.26. The molecule has 9 nitrogen and oxygen atoms in total. The molecule has 0 aliphatic heterocycles. The van der Waals surface area contributed by atoms with Gasteiger partial charge in [0.25, 0.3) is 17.4 Å². The van der Waals surface area contributed by atoms with Gasteiger partial charge in [-0.3, -0.25) is 23.9 Å². The predicted molar refractivity (Wildman–Crippen MR) is 211 cm³/mol. The molecule has 1 heterocycles. The molecule has 11 heteroatoms. The highest BCUT2D eigenvalue weighted by molar-refractivity contribution is 9.10. The summed E-state index contributed by atoms with van der Waals surface area (Å²) >= 11 is 4.74. The molecule has 6 aromatic rings. The van der Waals surface area contributed by atoms with Crippen molar-refractivity contribution in [2.24, 2.45) is 7.05 Å². The molecule has 1 aromatic heterocycles. The van der Waals surface area contributed by atoms with E-state index in [9.17, 15) is 19.2 Å². The second-order valence-corrected chi connectivity index (χ2v) is 13.8. The Kier molecular flexibility index (Phi) is 11.3. The Morgan fingerprint density at radius 1 is 0.750 bits per heavy atom. The number of hydrogen-bond donors (Lipinski definition) is 3. The van der Waals surface area contributed by atoms with E-state index in [-0.39, 0.29) is 22.9 Å². The van der Waals surface area contributed by atoms with Crippen LogP contribution in [-0.2, 0) is 16.6 Å². The van der Waals surface area contributed by atoms with Gasteiger partial charge in [-0.1, -0.05) is 94.8 Å². The van der Waals surface area contributed by atoms with Crippen molar-refractivity contribution in [3.8, 4) is 5.69 Å². The standard InChI is InChI=1S/C41H34BrN5O4S/c1-27-36(41(51)47(46(27)2)33-16-10-5-11-17-33)45-40(50)37(29-12-6-3-7-13-29)52-34-24-22-32(23-25-34)43-39(49)35(26-28-18-20-31(42)21-19-28)44-38(48)30-14-8-4-9-15-30/h3-26,37H,1-2H3,(H,43,49)(H,44,48)(H,45,50)/b35-26-. The van der Waals surface area contributed by atoms with Gasteiger partial charge in [-0.15, -0.1) is 11.8 Å². The quantitative estimate of drug-likeness (QED) is 0.0910. The molecule has 1 unspecified atom stereocenters. The van der Waals surface area contributed by atoms with Crippen LogP contribution < -0.4 is 21.5 Å². The van der Waals surface area contributed by atoms with Crippen LogP contribution in [-0.4, -0.2) is 27.1 Å². The third-order valence-electron chi connectivity index (χ3n) is 8.22. The molecule has 3 amide bonds. The number of rotatable bonds is 11. The summed E-state index contributed by atoms with van der Waals surface area (Å²) < 4.78 is 4.13. The fourth-order valence-corrected chi connectivity index (χ4v) is 6.71. The number of aromatic nitrogens is 2. The van der Waals surface area contributed by atoms with Crippen LogP contribution in [0.4, 0.5) is 11.4 Å². The van der Waals surface area contributed by atoms with E-state index in [1.807, 2.05) is 91.0 Å². The van der Waals surface area contributed by atoms with Gasteiger partial charge in [0.1, 0.15) is 16.6 Å². The summed E-state index contributed by atoms with van der Waals surface area (Å²) in [5, 5.41) is 7.84. The van der Waals surface area contributed by atoms with Crippen molar-refractivity contribution in [3.63, 3.8) is 0 Å². The normalized spacial score (nSPS) is 11.8. The number of hydrogen-bond acceptors (Lipinski definition) is 5. The van der Waals surface area contributed by atoms with Crippen molar-refractivity contribution < 1.29 is 14.4 Å². The van der Waals surface area contributed by atoms with Crippen molar-refractivity contribution in [1.29, 1.82) is 0 Å². The number of nitrogens with one attached hydrogen (secondary N) is 3. The molecule has 0 aliphatic carbocycles. The second-order valence-electron chi connectivity index (χ2n) is 11.7. The molecule has 260 valence electrons. The zero-order valence-electron chi connectivity index (χ0n) is 28.2. The van der Waals surface area contributed by atoms with Gasteiger partial charge in [0.05, 0.1) is 11.4 Å². The Labute approximate surface area is 313 Å². The molecule has 0 saturated carbocycles. The zero-order valence-corrected chi connectivity index (χ0v) is 30.6. The lowest BCUT2D eigenvalue weighted by molar-refractivity contribution is -0.116. The molecule has 0 saturated heterocycles. The SMILES string of the molecule is Cc1c(NC(=O)C(Sc2ccc(NC(=O)/C(=C/c3ccc(Br)cc3)NC(=O)c3ccccc3)cc2)c2ccccc2)c(=O)n(-c2ccccc2)n1C. The summed E-state index contributed by atoms with van der Waals surface area (Å²) in [5.74, 6) is -1.27. The van der Waals surface area contributed by atoms with Gasteiger partial charge in [-0.2, -0.15) is 0 Å². The monoisotopic (exact) mass is 771 g/mol. The number of carbonyl (C=O) groups is 3. The van der Waals surface area contributed by atoms with E-state index >= 15 is 0 Å². The maximum Gasteiger partial charge on any atom is 0.295 e. The lowest BCUT2D eigenvalue weighted by Gasteiger charge is -2.17. The van der Waals surface area contributed by atoms with Crippen molar-refractivity contribution in [2.45, 2.75) is 17.1 Å². The van der Waals surface area contributed by atoms with E-state index in [0.29, 0.717) is 22.6 Å². The van der Waals surface area contributed by atoms with Crippen LogP contribution in [0.3, 0.4) is 0 Å². The molecule has 1 atom stereocenters. The molecule has 0 radical (unpaired) electrons. The minimum Gasteiger partial charge on any atom is -0.321 e. The molecule has 3 N–H and O–H groups in total. The number of para-hydroxylation sites is 1. The molecular formula is C41H34BrN5O4S. The number of nitrogens with zero attached hydrogens (tertiary/aromatic N) is 2. The number of anilines is 2. The Hall–Kier alpha value is -5.91. The van der Waals surface area contributed by atoms with E-state index in [4.69, 9.17) is 0 Å². The van der Waals surface area contributed by atoms with E-state index in [1.165, 1.54) is 16.4 Å². The van der Waals surface area contributed by atoms with Gasteiger partial charge < -0.3 is 16.0 Å². The summed E-state index contributed by atoms with van der Waals surface area (Å²) in [4.78, 5) is 54.8. The van der Waals surface area contributed by atoms with Gasteiger partial charge >= 0.3 is 0 Å². The lowest BCUT2D eigenvalue weighted by Crippen LogP contribution is -2.30. The van der Waals surface area contributed by atoms with Gasteiger partial charge in [-0.25, -0.2) is 4.68 Å². The first-order valence-corrected chi connectivity index (χ1v) is 18.0. The Balaban J connectivity index is 1.21. The molecule has 6 rings (SSSR count). The van der Waals surface area contributed by atoms with E-state index in [1.54, 1.807) is 73.3 Å². The summed E-state index contributed by atoms with van der Waals surface area (Å²) in [7, 11) is 1.78. The minimum absolute atomic E-state index is 0.0676. The zero-order chi connectivity index (χ0) is 36.6. The lowest BCUT2D eigenvalue weighted by atomic mass is 10.1. The maximum atomic E-state index is 13.9. The number of benzene rings is 5. The van der Waals surface area contributed by atoms with Crippen LogP contribution in [0, 0.1) is 6.92 Å². The van der Waals surface area contributed by atoms with Crippen LogP contribution in [0.5, 0.6) is 0 Å². The first-order chi connectivity index (χ1) is 25.2. The second kappa shape index (κ2) is 16.4. The smallest absolute Gasteiger partial charge is 0.295 e. The van der Waals surface area contributed by atoms with Crippen LogP contribution in [0.2, 0.25) is 0 Å². The van der Waals surface area contributed by atoms with E-state index in [0.717, 1.165) is 20.5 Å². The number of amides is 3. The Morgan fingerprint density at radius 2 is 1.35 bits per heavy atom. The van der Waals surface area contributed by atoms with Crippen LogP contribution in [0.15, 0.2) is 159 Å². The van der Waals surface area contributed by atoms with Gasteiger partial charge in [0, 0.05) is 27.7 Å². The summed E-state index contributed by atoms with van der Waals surface area (Å²) in [5.41, 5.74) is 3.65. The summed E-state index contributed by atoms with van der Waals surface area (Å²) in [6, 6.07) is 41.7. The third kappa shape index (κ3) is 8.51. The molecule has 5 aromatic carbocycles. The fourth-order valence-electron chi connectivity index (χ4n) is 5.42. The van der Waals surface area contributed by atoms with Crippen LogP contribution in [0.1, 0.15) is 32.4 Å². The van der Waals surface area contributed by atoms with E-state index < -0.39 is 17.1 Å². The van der Waals surface area contributed by atoms with Gasteiger partial charge in [0.15, 0.2) is 0 Å². The Bertz CT molecular complexity index is 2290. The van der Waals surface area contributed by atoms with Crippen molar-refractivity contribution >= 4 is 62.9 Å². The number of halogens is 1. The fraction of sp³-hybridized carbons (Fsp3) is 0.0732. The molecule has 0 aliphatic rings. The van der Waals surface area contributed by atoms with Gasteiger partial charge in [0.2, 0.25) is 5.91 Å². The molecule has 0 bridgehead atoms. The van der Waals surface area contributed by atoms with E-state index in [2.05, 4.69) is 31.9 Å². The van der Waals surface area contributed by atoms with Crippen LogP contribution in [0.25, 0.3) is 11.8 Å². The van der Waals surface area contributed by atoms with Crippen molar-refractivity contribution in [1.82, 2.24) is 14.7 Å². The summed E-state index contributed by atoms with van der Waals surface area (Å²) in [6.07, 6.45) is 1.61. The largest absolute Gasteiger partial charge is 0.321 e. The maximum absolute atomic E-state index is 13.9. The highest BCUT2D eigenvalue weighted by Crippen LogP contribution is 2.37. The minimum atomic E-state index is -0.695. The summed E-state index contributed by atoms with van der Waals surface area (Å²) in [6.45, 7) is 1.79. The van der Waals surface area contributed by atoms with Crippen molar-refractivity contribution in [2.75, 3.05) is 10.6 Å². The highest BCUT2D eigenvalue weighted by atomic mass is 79.9. The number of thioether (sulfide) groups is 1. The first-order valence-electron chi connectivity index (χ1n) is 16.3. The average molecular weight is 773 g/mol. The average Bonchev–Trinajstić information content (AvgIpc) is 3.38. The first kappa shape index (κ1) is 35.9. The van der Waals surface area contributed by atoms with Gasteiger partial charge in [-0.05, 0) is 84.8 Å². The molecule has 52 heavy (non-hydrogen) atoms. The third-order valence-corrected chi connectivity index (χ3v) is 10.0. The van der Waals surface area contributed by atoms with Crippen molar-refractivity contribution in [3.05, 3.63) is 182 Å². The molecular weight excluding hydrogens is 738 g/mol. The molecule has 0 fully saturated rings. The predicted octanol–water partition coefficient (Wildman–Crippen LogP) is 8.13. The molecule has 0 spiro atoms. The van der Waals surface area contributed by atoms with Crippen LogP contribution >= 0.6 is 27.7 Å². The Morgan fingerprint density at radius 3 is 1.98 bits per heavy atom. The topological polar surface area (TPSA) is 114 Å². The number of carbonyl (C=O) groups excluding carboxylic acids is 3.